The summed E-state index contributed by atoms with van der Waals surface area (Å²) >= 11 is -1.19. The molecule has 0 aromatic heterocycles. The van der Waals surface area contributed by atoms with Crippen LogP contribution in [0.4, 0.5) is 0 Å². The Labute approximate surface area is 73.7 Å². The Balaban J connectivity index is 2.36. The maximum absolute atomic E-state index is 11.3. The van der Waals surface area contributed by atoms with Gasteiger partial charge in [-0.25, -0.2) is 0 Å². The second kappa shape index (κ2) is 4.01. The van der Waals surface area contributed by atoms with Crippen LogP contribution >= 0.6 is 0 Å². The molecule has 0 atom stereocenters. The molecule has 0 saturated heterocycles. The molecule has 0 heterocycles. The first-order chi connectivity index (χ1) is 5.20. The fourth-order valence-corrected chi connectivity index (χ4v) is 2.38. The summed E-state index contributed by atoms with van der Waals surface area (Å²) < 4.78 is 0.510. The Bertz CT molecular complexity index is 192. The van der Waals surface area contributed by atoms with E-state index >= 15 is 0 Å². The quantitative estimate of drug-likeness (QED) is 0.775. The molecule has 0 aromatic rings. The van der Waals surface area contributed by atoms with Gasteiger partial charge in [0.2, 0.25) is 0 Å². The van der Waals surface area contributed by atoms with Crippen molar-refractivity contribution in [3.05, 3.63) is 24.3 Å². The molecule has 1 nitrogen and oxygen atoms in total. The molecule has 0 aliphatic heterocycles. The minimum absolute atomic E-state index is 0.405. The molecule has 65 valence electrons. The Morgan fingerprint density at radius 3 is 2.36 bits per heavy atom. The number of allylic oxidation sites excluding steroid dienone is 4. The van der Waals surface area contributed by atoms with Crippen molar-refractivity contribution in [2.45, 2.75) is 17.0 Å². The normalized spacial score (nSPS) is 17.5. The van der Waals surface area contributed by atoms with E-state index in [1.54, 1.807) is 0 Å². The number of hydrogen-bond donors (Lipinski definition) is 0. The maximum atomic E-state index is 11.3. The van der Waals surface area contributed by atoms with E-state index in [4.69, 9.17) is 0 Å². The molecule has 11 heavy (non-hydrogen) atoms. The summed E-state index contributed by atoms with van der Waals surface area (Å²) in [5.74, 6) is 0.405. The molecule has 0 fully saturated rings. The summed E-state index contributed by atoms with van der Waals surface area (Å²) in [5, 5.41) is 4.21. The van der Waals surface area contributed by atoms with E-state index in [1.807, 2.05) is 12.2 Å². The van der Waals surface area contributed by atoms with Crippen LogP contribution in [0.1, 0.15) is 6.42 Å². The van der Waals surface area contributed by atoms with Crippen LogP contribution in [0.25, 0.3) is 0 Å². The number of rotatable bonds is 3. The van der Waals surface area contributed by atoms with Gasteiger partial charge in [-0.1, -0.05) is 0 Å². The van der Waals surface area contributed by atoms with Gasteiger partial charge in [0.25, 0.3) is 0 Å². The van der Waals surface area contributed by atoms with E-state index in [1.165, 1.54) is 0 Å². The third-order valence-electron chi connectivity index (χ3n) is 1.56. The van der Waals surface area contributed by atoms with Gasteiger partial charge in [0.05, 0.1) is 0 Å². The number of carbonyl (C=O) groups is 1. The zero-order chi connectivity index (χ0) is 8.27. The van der Waals surface area contributed by atoms with Crippen molar-refractivity contribution in [1.82, 2.24) is 0 Å². The molecule has 0 saturated carbocycles. The Morgan fingerprint density at radius 1 is 1.36 bits per heavy atom. The molecule has 0 spiro atoms. The van der Waals surface area contributed by atoms with Crippen LogP contribution in [0.5, 0.6) is 0 Å². The van der Waals surface area contributed by atoms with Crippen molar-refractivity contribution in [2.24, 2.45) is 5.92 Å². The van der Waals surface area contributed by atoms with Gasteiger partial charge in [-0.2, -0.15) is 0 Å². The number of hydrogen-bond acceptors (Lipinski definition) is 1. The molecule has 0 N–H and O–H groups in total. The molecular weight excluding hydrogens is 319 g/mol. The van der Waals surface area contributed by atoms with Crippen molar-refractivity contribution < 1.29 is 22.1 Å². The SMILES string of the molecule is [CH3][Pt]([CH3])[C](=O)CC1C=CC=C1. The topological polar surface area (TPSA) is 17.1 Å². The van der Waals surface area contributed by atoms with Crippen molar-refractivity contribution in [1.29, 1.82) is 0 Å². The number of carbonyl (C=O) groups excluding carboxylic acids is 1. The van der Waals surface area contributed by atoms with Crippen LogP contribution in [-0.2, 0) is 22.1 Å². The molecule has 1 aliphatic rings. The first-order valence-corrected chi connectivity index (χ1v) is 9.10. The summed E-state index contributed by atoms with van der Waals surface area (Å²) in [6.45, 7) is 0. The predicted molar refractivity (Wildman–Crippen MR) is 43.1 cm³/mol. The Kier molecular flexibility index (Phi) is 3.26. The van der Waals surface area contributed by atoms with Gasteiger partial charge in [-0.3, -0.25) is 0 Å². The summed E-state index contributed by atoms with van der Waals surface area (Å²) in [6, 6.07) is 0. The van der Waals surface area contributed by atoms with Gasteiger partial charge in [-0.15, -0.1) is 0 Å². The second-order valence-corrected chi connectivity index (χ2v) is 8.40. The summed E-state index contributed by atoms with van der Waals surface area (Å²) in [4.78, 5) is 11.3. The van der Waals surface area contributed by atoms with Crippen molar-refractivity contribution in [3.8, 4) is 0 Å². The van der Waals surface area contributed by atoms with Gasteiger partial charge < -0.3 is 0 Å². The third-order valence-corrected chi connectivity index (χ3v) is 4.56. The zero-order valence-electron chi connectivity index (χ0n) is 6.82. The third kappa shape index (κ3) is 2.75. The van der Waals surface area contributed by atoms with Crippen LogP contribution in [0.15, 0.2) is 24.3 Å². The van der Waals surface area contributed by atoms with E-state index < -0.39 is 17.3 Å². The van der Waals surface area contributed by atoms with Gasteiger partial charge in [0.15, 0.2) is 0 Å². The molecule has 0 unspecified atom stereocenters. The second-order valence-electron chi connectivity index (χ2n) is 2.59. The monoisotopic (exact) mass is 332 g/mol. The van der Waals surface area contributed by atoms with Crippen molar-refractivity contribution in [2.75, 3.05) is 0 Å². The summed E-state index contributed by atoms with van der Waals surface area (Å²) in [6.07, 6.45) is 8.96. The van der Waals surface area contributed by atoms with E-state index in [0.717, 1.165) is 6.42 Å². The molecule has 1 aliphatic carbocycles. The van der Waals surface area contributed by atoms with Crippen LogP contribution < -0.4 is 0 Å². The van der Waals surface area contributed by atoms with E-state index in [-0.39, 0.29) is 0 Å². The molecule has 0 aromatic carbocycles. The molecule has 0 amide bonds. The van der Waals surface area contributed by atoms with Gasteiger partial charge >= 0.3 is 73.5 Å². The summed E-state index contributed by atoms with van der Waals surface area (Å²) in [5.41, 5.74) is 0. The molecule has 2 heteroatoms. The van der Waals surface area contributed by atoms with E-state index in [9.17, 15) is 4.79 Å². The molecular formula is C9H13OPt. The van der Waals surface area contributed by atoms with Gasteiger partial charge in [0.1, 0.15) is 0 Å². The standard InChI is InChI=1S/C7H7O.2CH3.Pt/c8-6-5-7-3-1-2-4-7;;;/h1-4,7H,5H2;2*1H3;. The van der Waals surface area contributed by atoms with Crippen LogP contribution in [0, 0.1) is 5.92 Å². The van der Waals surface area contributed by atoms with Crippen LogP contribution in [0.2, 0.25) is 10.6 Å². The Morgan fingerprint density at radius 2 is 1.91 bits per heavy atom. The fraction of sp³-hybridized carbons (Fsp3) is 0.444. The molecule has 0 bridgehead atoms. The molecule has 1 rings (SSSR count). The van der Waals surface area contributed by atoms with Crippen LogP contribution in [0.3, 0.4) is 0 Å². The average Bonchev–Trinajstić information content (AvgIpc) is 2.39. The predicted octanol–water partition coefficient (Wildman–Crippen LogP) is 2.36. The van der Waals surface area contributed by atoms with Crippen molar-refractivity contribution >= 4 is 4.17 Å². The summed E-state index contributed by atoms with van der Waals surface area (Å²) in [7, 11) is 0. The van der Waals surface area contributed by atoms with Gasteiger partial charge in [-0.05, 0) is 0 Å². The first-order valence-electron chi connectivity index (χ1n) is 3.42. The van der Waals surface area contributed by atoms with Gasteiger partial charge in [0, 0.05) is 0 Å². The van der Waals surface area contributed by atoms with E-state index in [0.29, 0.717) is 10.1 Å². The van der Waals surface area contributed by atoms with E-state index in [2.05, 4.69) is 22.8 Å². The molecule has 0 radical (unpaired) electrons. The first kappa shape index (κ1) is 8.93. The fourth-order valence-electron chi connectivity index (χ4n) is 0.914. The van der Waals surface area contributed by atoms with Crippen molar-refractivity contribution in [3.63, 3.8) is 0 Å². The Hall–Kier alpha value is -0.162. The zero-order valence-corrected chi connectivity index (χ0v) is 9.09. The minimum atomic E-state index is -1.19. The van der Waals surface area contributed by atoms with Crippen LogP contribution in [-0.4, -0.2) is 4.17 Å². The average molecular weight is 332 g/mol.